The molecule has 0 aromatic rings. The highest BCUT2D eigenvalue weighted by atomic mass is 32.2. The van der Waals surface area contributed by atoms with Crippen LogP contribution < -0.4 is 0 Å². The van der Waals surface area contributed by atoms with E-state index >= 15 is 0 Å². The second-order valence-corrected chi connectivity index (χ2v) is 4.58. The SMILES string of the molecule is C[N+]1(C)C=CC=C1.O=S(=O)([O-])C(F)(F)F. The highest BCUT2D eigenvalue weighted by Crippen LogP contribution is 2.20. The predicted molar refractivity (Wildman–Crippen MR) is 46.1 cm³/mol. The molecule has 0 bridgehead atoms. The average molecular weight is 245 g/mol. The van der Waals surface area contributed by atoms with Gasteiger partial charge in [-0.2, -0.15) is 13.2 Å². The van der Waals surface area contributed by atoms with Gasteiger partial charge in [0.2, 0.25) is 0 Å². The molecule has 15 heavy (non-hydrogen) atoms. The summed E-state index contributed by atoms with van der Waals surface area (Å²) in [4.78, 5) is 0. The molecule has 0 unspecified atom stereocenters. The maximum atomic E-state index is 10.7. The van der Waals surface area contributed by atoms with Crippen molar-refractivity contribution in [3.05, 3.63) is 24.6 Å². The largest absolute Gasteiger partial charge is 0.741 e. The Balaban J connectivity index is 0.000000262. The molecule has 0 aromatic heterocycles. The molecule has 0 amide bonds. The van der Waals surface area contributed by atoms with Gasteiger partial charge in [0.15, 0.2) is 10.1 Å². The van der Waals surface area contributed by atoms with Gasteiger partial charge in [0.25, 0.3) is 0 Å². The summed E-state index contributed by atoms with van der Waals surface area (Å²) in [6, 6.07) is 0. The fraction of sp³-hybridized carbons (Fsp3) is 0.429. The van der Waals surface area contributed by atoms with E-state index in [1.807, 2.05) is 0 Å². The fourth-order valence-electron chi connectivity index (χ4n) is 0.593. The predicted octanol–water partition coefficient (Wildman–Crippen LogP) is 1.16. The van der Waals surface area contributed by atoms with Crippen LogP contribution in [0.5, 0.6) is 0 Å². The molecule has 0 fully saturated rings. The number of alkyl halides is 3. The topological polar surface area (TPSA) is 57.2 Å². The molecule has 0 aromatic carbocycles. The Morgan fingerprint density at radius 3 is 1.47 bits per heavy atom. The van der Waals surface area contributed by atoms with Crippen molar-refractivity contribution in [2.24, 2.45) is 0 Å². The number of rotatable bonds is 0. The molecule has 0 N–H and O–H groups in total. The third-order valence-electron chi connectivity index (χ3n) is 1.34. The summed E-state index contributed by atoms with van der Waals surface area (Å²) in [7, 11) is -1.84. The summed E-state index contributed by atoms with van der Waals surface area (Å²) in [5.41, 5.74) is -5.65. The third kappa shape index (κ3) is 5.55. The molecule has 8 heteroatoms. The second kappa shape index (κ2) is 4.33. The number of halogens is 3. The van der Waals surface area contributed by atoms with Crippen LogP contribution in [0.3, 0.4) is 0 Å². The van der Waals surface area contributed by atoms with Gasteiger partial charge in [-0.3, -0.25) is 4.48 Å². The highest BCUT2D eigenvalue weighted by Gasteiger charge is 2.36. The smallest absolute Gasteiger partial charge is 0.485 e. The lowest BCUT2D eigenvalue weighted by Gasteiger charge is -2.14. The minimum Gasteiger partial charge on any atom is -0.741 e. The second-order valence-electron chi connectivity index (χ2n) is 3.21. The molecule has 0 aliphatic carbocycles. The zero-order chi connectivity index (χ0) is 12.3. The summed E-state index contributed by atoms with van der Waals surface area (Å²) < 4.78 is 59.8. The van der Waals surface area contributed by atoms with Crippen molar-refractivity contribution in [1.82, 2.24) is 0 Å². The van der Waals surface area contributed by atoms with Crippen molar-refractivity contribution in [1.29, 1.82) is 0 Å². The van der Waals surface area contributed by atoms with Crippen LogP contribution in [0.2, 0.25) is 0 Å². The van der Waals surface area contributed by atoms with Gasteiger partial charge in [-0.15, -0.1) is 0 Å². The van der Waals surface area contributed by atoms with E-state index in [-0.39, 0.29) is 0 Å². The van der Waals surface area contributed by atoms with E-state index in [1.54, 1.807) is 0 Å². The number of allylic oxidation sites excluding steroid dienone is 2. The van der Waals surface area contributed by atoms with Crippen molar-refractivity contribution in [2.75, 3.05) is 14.1 Å². The Labute approximate surface area is 85.6 Å². The Morgan fingerprint density at radius 1 is 1.13 bits per heavy atom. The van der Waals surface area contributed by atoms with Gasteiger partial charge in [-0.1, -0.05) is 0 Å². The van der Waals surface area contributed by atoms with E-state index < -0.39 is 15.6 Å². The van der Waals surface area contributed by atoms with E-state index in [1.165, 1.54) is 0 Å². The molecular formula is C7H10F3NO3S. The Bertz CT molecular complexity index is 353. The van der Waals surface area contributed by atoms with Crippen molar-refractivity contribution in [3.8, 4) is 0 Å². The van der Waals surface area contributed by atoms with Crippen molar-refractivity contribution < 1.29 is 30.6 Å². The van der Waals surface area contributed by atoms with Crippen LogP contribution in [0.4, 0.5) is 13.2 Å². The van der Waals surface area contributed by atoms with Gasteiger partial charge in [-0.25, -0.2) is 8.42 Å². The van der Waals surface area contributed by atoms with Gasteiger partial charge >= 0.3 is 5.51 Å². The van der Waals surface area contributed by atoms with E-state index in [9.17, 15) is 13.2 Å². The molecule has 88 valence electrons. The Morgan fingerprint density at radius 2 is 1.40 bits per heavy atom. The van der Waals surface area contributed by atoms with Gasteiger partial charge in [0.05, 0.1) is 14.1 Å². The van der Waals surface area contributed by atoms with E-state index in [0.29, 0.717) is 0 Å². The van der Waals surface area contributed by atoms with E-state index in [2.05, 4.69) is 38.6 Å². The van der Waals surface area contributed by atoms with Crippen LogP contribution in [-0.2, 0) is 10.1 Å². The molecule has 1 rings (SSSR count). The number of nitrogens with zero attached hydrogens (tertiary/aromatic N) is 1. The lowest BCUT2D eigenvalue weighted by Crippen LogP contribution is -2.22. The van der Waals surface area contributed by atoms with Crippen molar-refractivity contribution in [2.45, 2.75) is 5.51 Å². The van der Waals surface area contributed by atoms with Crippen LogP contribution in [-0.4, -0.2) is 37.1 Å². The minimum absolute atomic E-state index is 0.889. The minimum atomic E-state index is -6.09. The van der Waals surface area contributed by atoms with Crippen LogP contribution in [0.25, 0.3) is 0 Å². The first-order chi connectivity index (χ1) is 6.46. The first kappa shape index (κ1) is 14.1. The van der Waals surface area contributed by atoms with E-state index in [0.717, 1.165) is 4.48 Å². The van der Waals surface area contributed by atoms with E-state index in [4.69, 9.17) is 13.0 Å². The van der Waals surface area contributed by atoms with Crippen molar-refractivity contribution in [3.63, 3.8) is 0 Å². The highest BCUT2D eigenvalue weighted by molar-refractivity contribution is 7.86. The van der Waals surface area contributed by atoms with Gasteiger partial charge < -0.3 is 4.55 Å². The summed E-state index contributed by atoms with van der Waals surface area (Å²) in [5.74, 6) is 0. The standard InChI is InChI=1S/C6H10N.CHF3O3S/c1-7(2)5-3-4-6-7;2-1(3,4)8(5,6)7/h3-6H,1-2H3;(H,5,6,7)/q+1;/p-1. The zero-order valence-electron chi connectivity index (χ0n) is 8.02. The summed E-state index contributed by atoms with van der Waals surface area (Å²) in [6.07, 6.45) is 8.36. The molecule has 0 radical (unpaired) electrons. The molecule has 1 aliphatic rings. The maximum absolute atomic E-state index is 10.7. The molecule has 1 aliphatic heterocycles. The van der Waals surface area contributed by atoms with Gasteiger partial charge in [0.1, 0.15) is 12.4 Å². The molecular weight excluding hydrogens is 235 g/mol. The molecule has 4 nitrogen and oxygen atoms in total. The zero-order valence-corrected chi connectivity index (χ0v) is 8.84. The van der Waals surface area contributed by atoms with Crippen LogP contribution in [0.15, 0.2) is 24.6 Å². The first-order valence-corrected chi connectivity index (χ1v) is 5.09. The average Bonchev–Trinajstić information content (AvgIpc) is 2.30. The maximum Gasteiger partial charge on any atom is 0.485 e. The molecule has 0 atom stereocenters. The Hall–Kier alpha value is -0.860. The van der Waals surface area contributed by atoms with Gasteiger partial charge in [0, 0.05) is 0 Å². The molecule has 1 heterocycles. The Kier molecular flexibility index (Phi) is 4.08. The van der Waals surface area contributed by atoms with Crippen LogP contribution in [0.1, 0.15) is 0 Å². The molecule has 0 saturated carbocycles. The fourth-order valence-corrected chi connectivity index (χ4v) is 0.593. The summed E-state index contributed by atoms with van der Waals surface area (Å²) >= 11 is 0. The van der Waals surface area contributed by atoms with Crippen molar-refractivity contribution >= 4 is 10.1 Å². The molecule has 0 saturated heterocycles. The number of hydrogen-bond acceptors (Lipinski definition) is 3. The van der Waals surface area contributed by atoms with Crippen LogP contribution in [0, 0.1) is 0 Å². The van der Waals surface area contributed by atoms with Crippen LogP contribution >= 0.6 is 0 Å². The normalized spacial score (nSPS) is 18.5. The summed E-state index contributed by atoms with van der Waals surface area (Å²) in [5, 5.41) is 0. The monoisotopic (exact) mass is 245 g/mol. The number of hydrogen-bond donors (Lipinski definition) is 0. The molecule has 0 spiro atoms. The lowest BCUT2D eigenvalue weighted by atomic mass is 10.6. The summed E-state index contributed by atoms with van der Waals surface area (Å²) in [6.45, 7) is 0. The number of quaternary nitrogens is 1. The third-order valence-corrected chi connectivity index (χ3v) is 1.90. The quantitative estimate of drug-likeness (QED) is 0.365. The van der Waals surface area contributed by atoms with Gasteiger partial charge in [-0.05, 0) is 12.2 Å². The first-order valence-electron chi connectivity index (χ1n) is 3.68. The lowest BCUT2D eigenvalue weighted by molar-refractivity contribution is -0.781.